The second-order valence-electron chi connectivity index (χ2n) is 2.96. The fourth-order valence-corrected chi connectivity index (χ4v) is 1.34. The summed E-state index contributed by atoms with van der Waals surface area (Å²) in [5.41, 5.74) is 0.951. The van der Waals surface area contributed by atoms with Gasteiger partial charge in [0, 0.05) is 7.05 Å². The van der Waals surface area contributed by atoms with E-state index < -0.39 is 6.09 Å². The molecule has 16 heavy (non-hydrogen) atoms. The van der Waals surface area contributed by atoms with Crippen molar-refractivity contribution in [1.29, 1.82) is 0 Å². The summed E-state index contributed by atoms with van der Waals surface area (Å²) in [6, 6.07) is 7.37. The molecule has 0 saturated heterocycles. The van der Waals surface area contributed by atoms with Gasteiger partial charge in [-0.25, -0.2) is 9.10 Å². The number of carbonyl (C=O) groups is 1. The van der Waals surface area contributed by atoms with Crippen molar-refractivity contribution in [1.82, 2.24) is 4.31 Å². The largest absolute Gasteiger partial charge is 0.497 e. The number of nitrogens with zero attached hydrogens (tertiary/aromatic N) is 1. The summed E-state index contributed by atoms with van der Waals surface area (Å²) >= 11 is 0.792. The molecule has 1 amide bonds. The first-order valence-electron chi connectivity index (χ1n) is 4.52. The van der Waals surface area contributed by atoms with E-state index in [1.165, 1.54) is 7.05 Å². The summed E-state index contributed by atoms with van der Waals surface area (Å²) < 4.78 is 11.1. The normalized spacial score (nSPS) is 9.88. The summed E-state index contributed by atoms with van der Waals surface area (Å²) in [6.07, 6.45) is -1.04. The van der Waals surface area contributed by atoms with Gasteiger partial charge in [-0.15, -0.1) is 0 Å². The van der Waals surface area contributed by atoms with Crippen molar-refractivity contribution >= 4 is 18.3 Å². The maximum Gasteiger partial charge on any atom is 0.418 e. The molecule has 0 aliphatic carbocycles. The average Bonchev–Trinajstić information content (AvgIpc) is 2.29. The standard InChI is InChI=1S/C10H13NO4S/c1-11(10(12)13)16-15-7-8-3-5-9(14-2)6-4-8/h3-6H,7H2,1-2H3,(H,12,13). The summed E-state index contributed by atoms with van der Waals surface area (Å²) in [5.74, 6) is 0.777. The highest BCUT2D eigenvalue weighted by Gasteiger charge is 2.06. The molecule has 0 atom stereocenters. The first kappa shape index (κ1) is 12.7. The molecule has 5 nitrogen and oxygen atoms in total. The van der Waals surface area contributed by atoms with E-state index in [9.17, 15) is 4.79 Å². The van der Waals surface area contributed by atoms with Gasteiger partial charge in [0.1, 0.15) is 18.0 Å². The van der Waals surface area contributed by atoms with E-state index in [1.807, 2.05) is 24.3 Å². The molecule has 1 N–H and O–H groups in total. The molecule has 0 radical (unpaired) electrons. The second kappa shape index (κ2) is 6.24. The molecule has 0 fully saturated rings. The molecule has 0 spiro atoms. The van der Waals surface area contributed by atoms with Crippen LogP contribution in [0.2, 0.25) is 0 Å². The summed E-state index contributed by atoms with van der Waals surface area (Å²) in [5, 5.41) is 8.56. The van der Waals surface area contributed by atoms with Crippen molar-refractivity contribution in [2.75, 3.05) is 14.2 Å². The van der Waals surface area contributed by atoms with Crippen LogP contribution in [0.5, 0.6) is 5.75 Å². The Morgan fingerprint density at radius 3 is 2.56 bits per heavy atom. The van der Waals surface area contributed by atoms with Crippen LogP contribution in [0.25, 0.3) is 0 Å². The number of methoxy groups -OCH3 is 1. The van der Waals surface area contributed by atoms with Crippen molar-refractivity contribution in [2.24, 2.45) is 0 Å². The zero-order chi connectivity index (χ0) is 12.0. The maximum atomic E-state index is 10.4. The molecule has 88 valence electrons. The lowest BCUT2D eigenvalue weighted by molar-refractivity contribution is 0.178. The van der Waals surface area contributed by atoms with Gasteiger partial charge in [-0.2, -0.15) is 0 Å². The van der Waals surface area contributed by atoms with Gasteiger partial charge in [0.2, 0.25) is 0 Å². The highest BCUT2D eigenvalue weighted by molar-refractivity contribution is 7.92. The van der Waals surface area contributed by atoms with Crippen LogP contribution < -0.4 is 4.74 Å². The van der Waals surface area contributed by atoms with E-state index in [0.29, 0.717) is 6.61 Å². The number of rotatable bonds is 5. The topological polar surface area (TPSA) is 59.0 Å². The van der Waals surface area contributed by atoms with Crippen LogP contribution in [-0.2, 0) is 10.8 Å². The number of ether oxygens (including phenoxy) is 1. The zero-order valence-corrected chi connectivity index (χ0v) is 9.86. The SMILES string of the molecule is COc1ccc(COSN(C)C(=O)O)cc1. The third kappa shape index (κ3) is 4.00. The first-order valence-corrected chi connectivity index (χ1v) is 5.22. The van der Waals surface area contributed by atoms with E-state index in [-0.39, 0.29) is 0 Å². The monoisotopic (exact) mass is 243 g/mol. The summed E-state index contributed by atoms with van der Waals surface area (Å²) in [4.78, 5) is 10.4. The third-order valence-corrected chi connectivity index (χ3v) is 2.42. The lowest BCUT2D eigenvalue weighted by Gasteiger charge is -2.10. The van der Waals surface area contributed by atoms with Gasteiger partial charge in [0.15, 0.2) is 0 Å². The van der Waals surface area contributed by atoms with Crippen LogP contribution in [0, 0.1) is 0 Å². The zero-order valence-electron chi connectivity index (χ0n) is 9.04. The molecule has 0 heterocycles. The number of hydrogen-bond donors (Lipinski definition) is 1. The van der Waals surface area contributed by atoms with Crippen LogP contribution in [-0.4, -0.2) is 29.7 Å². The minimum atomic E-state index is -1.04. The lowest BCUT2D eigenvalue weighted by atomic mass is 10.2. The van der Waals surface area contributed by atoms with Crippen LogP contribution in [0.3, 0.4) is 0 Å². The van der Waals surface area contributed by atoms with Crippen LogP contribution in [0.1, 0.15) is 5.56 Å². The smallest absolute Gasteiger partial charge is 0.418 e. The number of carboxylic acid groups (broad SMARTS) is 1. The predicted molar refractivity (Wildman–Crippen MR) is 61.2 cm³/mol. The van der Waals surface area contributed by atoms with Gasteiger partial charge in [0.05, 0.1) is 13.7 Å². The Labute approximate surface area is 98.3 Å². The van der Waals surface area contributed by atoms with Crippen molar-refractivity contribution in [2.45, 2.75) is 6.61 Å². The lowest BCUT2D eigenvalue weighted by Crippen LogP contribution is -2.16. The minimum absolute atomic E-state index is 0.340. The summed E-state index contributed by atoms with van der Waals surface area (Å²) in [6.45, 7) is 0.340. The highest BCUT2D eigenvalue weighted by Crippen LogP contribution is 2.15. The Morgan fingerprint density at radius 1 is 1.44 bits per heavy atom. The Kier molecular flexibility index (Phi) is 4.94. The van der Waals surface area contributed by atoms with E-state index in [1.54, 1.807) is 7.11 Å². The highest BCUT2D eigenvalue weighted by atomic mass is 32.2. The molecule has 0 saturated carbocycles. The van der Waals surface area contributed by atoms with Crippen LogP contribution in [0.4, 0.5) is 4.79 Å². The number of benzene rings is 1. The molecular weight excluding hydrogens is 230 g/mol. The van der Waals surface area contributed by atoms with Gasteiger partial charge < -0.3 is 9.84 Å². The Morgan fingerprint density at radius 2 is 2.06 bits per heavy atom. The molecule has 1 rings (SSSR count). The first-order chi connectivity index (χ1) is 7.63. The fraction of sp³-hybridized carbons (Fsp3) is 0.300. The Bertz CT molecular complexity index is 341. The third-order valence-electron chi connectivity index (χ3n) is 1.82. The molecule has 6 heteroatoms. The van der Waals surface area contributed by atoms with Gasteiger partial charge in [0.25, 0.3) is 0 Å². The van der Waals surface area contributed by atoms with Gasteiger partial charge >= 0.3 is 6.09 Å². The van der Waals surface area contributed by atoms with Crippen molar-refractivity contribution < 1.29 is 18.8 Å². The Hall–Kier alpha value is -1.40. The van der Waals surface area contributed by atoms with Gasteiger partial charge in [-0.3, -0.25) is 4.18 Å². The molecule has 0 aromatic heterocycles. The van der Waals surface area contributed by atoms with Crippen molar-refractivity contribution in [3.05, 3.63) is 29.8 Å². The number of amides is 1. The average molecular weight is 243 g/mol. The van der Waals surface area contributed by atoms with Crippen LogP contribution >= 0.6 is 12.2 Å². The predicted octanol–water partition coefficient (Wildman–Crippen LogP) is 2.38. The Balaban J connectivity index is 2.34. The molecule has 1 aromatic carbocycles. The molecule has 0 aliphatic heterocycles. The van der Waals surface area contributed by atoms with Gasteiger partial charge in [-0.05, 0) is 17.7 Å². The van der Waals surface area contributed by atoms with Crippen LogP contribution in [0.15, 0.2) is 24.3 Å². The van der Waals surface area contributed by atoms with Crippen molar-refractivity contribution in [3.8, 4) is 5.75 Å². The van der Waals surface area contributed by atoms with E-state index in [2.05, 4.69) is 0 Å². The molecule has 0 unspecified atom stereocenters. The molecule has 0 bridgehead atoms. The van der Waals surface area contributed by atoms with Gasteiger partial charge in [-0.1, -0.05) is 12.1 Å². The van der Waals surface area contributed by atoms with Crippen molar-refractivity contribution in [3.63, 3.8) is 0 Å². The quantitative estimate of drug-likeness (QED) is 0.635. The molecular formula is C10H13NO4S. The molecule has 0 aliphatic rings. The van der Waals surface area contributed by atoms with E-state index in [0.717, 1.165) is 27.8 Å². The number of hydrogen-bond acceptors (Lipinski definition) is 4. The van der Waals surface area contributed by atoms with E-state index in [4.69, 9.17) is 14.0 Å². The maximum absolute atomic E-state index is 10.4. The van der Waals surface area contributed by atoms with E-state index >= 15 is 0 Å². The summed E-state index contributed by atoms with van der Waals surface area (Å²) in [7, 11) is 3.02. The molecule has 1 aromatic rings. The minimum Gasteiger partial charge on any atom is -0.497 e. The fourth-order valence-electron chi connectivity index (χ4n) is 0.927. The second-order valence-corrected chi connectivity index (χ2v) is 3.90.